The average Bonchev–Trinajstić information content (AvgIpc) is 3.12. The van der Waals surface area contributed by atoms with Crippen molar-refractivity contribution in [2.45, 2.75) is 19.3 Å². The van der Waals surface area contributed by atoms with E-state index in [2.05, 4.69) is 10.6 Å². The molecule has 1 unspecified atom stereocenters. The topological polar surface area (TPSA) is 53.6 Å². The van der Waals surface area contributed by atoms with Gasteiger partial charge in [0.05, 0.1) is 0 Å². The van der Waals surface area contributed by atoms with Gasteiger partial charge in [0.25, 0.3) is 0 Å². The van der Waals surface area contributed by atoms with E-state index < -0.39 is 5.82 Å². The van der Waals surface area contributed by atoms with E-state index in [4.69, 9.17) is 4.74 Å². The molecule has 2 aliphatic heterocycles. The van der Waals surface area contributed by atoms with E-state index in [0.717, 1.165) is 39.0 Å². The molecule has 5 nitrogen and oxygen atoms in total. The lowest BCUT2D eigenvalue weighted by molar-refractivity contribution is 0.125. The molecule has 2 fully saturated rings. The largest absolute Gasteiger partial charge is 0.454 e. The zero-order chi connectivity index (χ0) is 18.7. The molecule has 2 saturated heterocycles. The van der Waals surface area contributed by atoms with Gasteiger partial charge in [0.2, 0.25) is 0 Å². The maximum absolute atomic E-state index is 13.7. The van der Waals surface area contributed by atoms with Crippen LogP contribution < -0.4 is 15.4 Å². The van der Waals surface area contributed by atoms with Crippen LogP contribution in [-0.2, 0) is 0 Å². The molecule has 0 saturated carbocycles. The first kappa shape index (κ1) is 20.4. The smallest absolute Gasteiger partial charge is 0.321 e. The van der Waals surface area contributed by atoms with Crippen molar-refractivity contribution in [1.82, 2.24) is 10.2 Å². The van der Waals surface area contributed by atoms with E-state index in [0.29, 0.717) is 11.4 Å². The van der Waals surface area contributed by atoms with Crippen LogP contribution in [-0.4, -0.2) is 37.1 Å². The lowest BCUT2D eigenvalue weighted by Gasteiger charge is -2.39. The van der Waals surface area contributed by atoms with Crippen LogP contribution in [0.15, 0.2) is 48.5 Å². The molecule has 0 aromatic heterocycles. The quantitative estimate of drug-likeness (QED) is 0.781. The first-order valence-electron chi connectivity index (χ1n) is 9.43. The minimum absolute atomic E-state index is 0. The second-order valence-electron chi connectivity index (χ2n) is 7.44. The van der Waals surface area contributed by atoms with Crippen LogP contribution in [0, 0.1) is 11.2 Å². The Morgan fingerprint density at radius 1 is 1.14 bits per heavy atom. The predicted molar refractivity (Wildman–Crippen MR) is 110 cm³/mol. The van der Waals surface area contributed by atoms with Crippen LogP contribution >= 0.6 is 12.4 Å². The maximum Gasteiger partial charge on any atom is 0.321 e. The SMILES string of the molecule is Cl.O=C(Nc1ccc(Oc2ccccc2F)cc1)N1CCCC2(CCNC2)C1. The summed E-state index contributed by atoms with van der Waals surface area (Å²) in [7, 11) is 0. The molecule has 2 aromatic rings. The molecule has 2 aliphatic rings. The number of rotatable bonds is 3. The van der Waals surface area contributed by atoms with E-state index >= 15 is 0 Å². The fourth-order valence-electron chi connectivity index (χ4n) is 3.99. The van der Waals surface area contributed by atoms with Crippen molar-refractivity contribution in [1.29, 1.82) is 0 Å². The number of para-hydroxylation sites is 1. The molecule has 150 valence electrons. The lowest BCUT2D eigenvalue weighted by atomic mass is 9.79. The van der Waals surface area contributed by atoms with Gasteiger partial charge in [-0.25, -0.2) is 9.18 Å². The third kappa shape index (κ3) is 4.56. The Bertz CT molecular complexity index is 810. The number of halogens is 2. The van der Waals surface area contributed by atoms with Gasteiger partial charge in [-0.15, -0.1) is 12.4 Å². The van der Waals surface area contributed by atoms with Crippen molar-refractivity contribution in [3.8, 4) is 11.5 Å². The Hall–Kier alpha value is -2.31. The van der Waals surface area contributed by atoms with Gasteiger partial charge in [0, 0.05) is 30.7 Å². The molecule has 4 rings (SSSR count). The van der Waals surface area contributed by atoms with Gasteiger partial charge in [-0.2, -0.15) is 0 Å². The number of anilines is 1. The summed E-state index contributed by atoms with van der Waals surface area (Å²) in [5.41, 5.74) is 0.942. The van der Waals surface area contributed by atoms with Crippen molar-refractivity contribution in [3.05, 3.63) is 54.3 Å². The second-order valence-corrected chi connectivity index (χ2v) is 7.44. The molecule has 0 radical (unpaired) electrons. The minimum atomic E-state index is -0.407. The predicted octanol–water partition coefficient (Wildman–Crippen LogP) is 4.65. The van der Waals surface area contributed by atoms with Crippen molar-refractivity contribution in [3.63, 3.8) is 0 Å². The maximum atomic E-state index is 13.7. The molecule has 28 heavy (non-hydrogen) atoms. The Morgan fingerprint density at radius 2 is 1.93 bits per heavy atom. The highest BCUT2D eigenvalue weighted by Gasteiger charge is 2.39. The van der Waals surface area contributed by atoms with E-state index in [-0.39, 0.29) is 29.6 Å². The summed E-state index contributed by atoms with van der Waals surface area (Å²) >= 11 is 0. The third-order valence-corrected chi connectivity index (χ3v) is 5.45. The molecule has 0 aliphatic carbocycles. The summed E-state index contributed by atoms with van der Waals surface area (Å²) in [4.78, 5) is 14.6. The Labute approximate surface area is 170 Å². The van der Waals surface area contributed by atoms with Gasteiger partial charge in [-0.3, -0.25) is 0 Å². The lowest BCUT2D eigenvalue weighted by Crippen LogP contribution is -2.48. The summed E-state index contributed by atoms with van der Waals surface area (Å²) in [6.07, 6.45) is 3.37. The number of likely N-dealkylation sites (tertiary alicyclic amines) is 1. The summed E-state index contributed by atoms with van der Waals surface area (Å²) in [6.45, 7) is 3.64. The number of nitrogens with one attached hydrogen (secondary N) is 2. The number of piperidine rings is 1. The summed E-state index contributed by atoms with van der Waals surface area (Å²) < 4.78 is 19.2. The summed E-state index contributed by atoms with van der Waals surface area (Å²) in [5, 5.41) is 6.38. The molecule has 0 bridgehead atoms. The molecule has 2 heterocycles. The van der Waals surface area contributed by atoms with Gasteiger partial charge < -0.3 is 20.3 Å². The number of hydrogen-bond donors (Lipinski definition) is 2. The first-order valence-corrected chi connectivity index (χ1v) is 9.43. The average molecular weight is 406 g/mol. The van der Waals surface area contributed by atoms with Gasteiger partial charge in [-0.1, -0.05) is 12.1 Å². The number of urea groups is 1. The number of amides is 2. The monoisotopic (exact) mass is 405 g/mol. The molecule has 7 heteroatoms. The third-order valence-electron chi connectivity index (χ3n) is 5.45. The van der Waals surface area contributed by atoms with Gasteiger partial charge in [0.15, 0.2) is 11.6 Å². The van der Waals surface area contributed by atoms with Crippen LogP contribution in [0.2, 0.25) is 0 Å². The Kier molecular flexibility index (Phi) is 6.42. The number of nitrogens with zero attached hydrogens (tertiary/aromatic N) is 1. The highest BCUT2D eigenvalue weighted by Crippen LogP contribution is 2.35. The van der Waals surface area contributed by atoms with Crippen molar-refractivity contribution < 1.29 is 13.9 Å². The number of carbonyl (C=O) groups excluding carboxylic acids is 1. The molecule has 1 spiro atoms. The number of hydrogen-bond acceptors (Lipinski definition) is 3. The molecular formula is C21H25ClFN3O2. The molecular weight excluding hydrogens is 381 g/mol. The number of benzene rings is 2. The highest BCUT2D eigenvalue weighted by atomic mass is 35.5. The van der Waals surface area contributed by atoms with Crippen LogP contribution in [0.1, 0.15) is 19.3 Å². The number of carbonyl (C=O) groups is 1. The number of ether oxygens (including phenoxy) is 1. The van der Waals surface area contributed by atoms with Crippen LogP contribution in [0.25, 0.3) is 0 Å². The van der Waals surface area contributed by atoms with Gasteiger partial charge in [-0.05, 0) is 62.2 Å². The summed E-state index contributed by atoms with van der Waals surface area (Å²) in [5.74, 6) is 0.292. The fraction of sp³-hybridized carbons (Fsp3) is 0.381. The van der Waals surface area contributed by atoms with Crippen molar-refractivity contribution >= 4 is 24.1 Å². The highest BCUT2D eigenvalue weighted by molar-refractivity contribution is 5.89. The summed E-state index contributed by atoms with van der Waals surface area (Å²) in [6, 6.07) is 13.2. The van der Waals surface area contributed by atoms with Crippen LogP contribution in [0.4, 0.5) is 14.9 Å². The van der Waals surface area contributed by atoms with E-state index in [1.807, 2.05) is 4.90 Å². The molecule has 2 N–H and O–H groups in total. The molecule has 2 aromatic carbocycles. The Balaban J connectivity index is 0.00000225. The zero-order valence-electron chi connectivity index (χ0n) is 15.6. The van der Waals surface area contributed by atoms with Crippen molar-refractivity contribution in [2.75, 3.05) is 31.5 Å². The fourth-order valence-corrected chi connectivity index (χ4v) is 3.99. The molecule has 1 atom stereocenters. The standard InChI is InChI=1S/C21H24FN3O2.ClH/c22-18-4-1-2-5-19(18)27-17-8-6-16(7-9-17)24-20(26)25-13-3-10-21(15-25)11-12-23-14-21;/h1-2,4-9,23H,3,10-15H2,(H,24,26);1H. The van der Waals surface area contributed by atoms with E-state index in [9.17, 15) is 9.18 Å². The van der Waals surface area contributed by atoms with E-state index in [1.165, 1.54) is 12.5 Å². The van der Waals surface area contributed by atoms with Crippen molar-refractivity contribution in [2.24, 2.45) is 5.41 Å². The van der Waals surface area contributed by atoms with Crippen LogP contribution in [0.5, 0.6) is 11.5 Å². The Morgan fingerprint density at radius 3 is 2.64 bits per heavy atom. The van der Waals surface area contributed by atoms with Gasteiger partial charge >= 0.3 is 6.03 Å². The second kappa shape index (κ2) is 8.80. The van der Waals surface area contributed by atoms with Gasteiger partial charge in [0.1, 0.15) is 5.75 Å². The molecule has 2 amide bonds. The van der Waals surface area contributed by atoms with Crippen LogP contribution in [0.3, 0.4) is 0 Å². The van der Waals surface area contributed by atoms with E-state index in [1.54, 1.807) is 42.5 Å². The normalized spacial score (nSPS) is 21.2. The minimum Gasteiger partial charge on any atom is -0.454 e. The first-order chi connectivity index (χ1) is 13.1. The zero-order valence-corrected chi connectivity index (χ0v) is 16.4.